The van der Waals surface area contributed by atoms with Crippen LogP contribution in [0.5, 0.6) is 0 Å². The van der Waals surface area contributed by atoms with E-state index in [0.717, 1.165) is 12.0 Å². The molecular weight excluding hydrogens is 208 g/mol. The fourth-order valence-electron chi connectivity index (χ4n) is 4.50. The van der Waals surface area contributed by atoms with Crippen LogP contribution in [0, 0.1) is 5.92 Å². The molecule has 0 aromatic rings. The Kier molecular flexibility index (Phi) is 3.45. The van der Waals surface area contributed by atoms with E-state index in [-0.39, 0.29) is 0 Å². The molecule has 0 bridgehead atoms. The third-order valence-corrected chi connectivity index (χ3v) is 5.47. The summed E-state index contributed by atoms with van der Waals surface area (Å²) >= 11 is 0. The molecule has 1 N–H and O–H groups in total. The summed E-state index contributed by atoms with van der Waals surface area (Å²) in [7, 11) is 0. The van der Waals surface area contributed by atoms with Crippen LogP contribution in [0.2, 0.25) is 0 Å². The first kappa shape index (κ1) is 12.0. The number of hydrogen-bond acceptors (Lipinski definition) is 2. The second-order valence-corrected chi connectivity index (χ2v) is 6.71. The van der Waals surface area contributed by atoms with Gasteiger partial charge in [-0.2, -0.15) is 0 Å². The van der Waals surface area contributed by atoms with E-state index in [1.807, 2.05) is 0 Å². The summed E-state index contributed by atoms with van der Waals surface area (Å²) < 4.78 is 0. The zero-order valence-electron chi connectivity index (χ0n) is 11.4. The summed E-state index contributed by atoms with van der Waals surface area (Å²) in [5.41, 5.74) is 0.499. The molecule has 0 aromatic heterocycles. The standard InChI is InChI=1S/C15H28N2/c1-13-6-4-7-14(13)17-11-5-10-16-15(12-17)8-2-3-9-15/h13-14,16H,2-12H2,1H3. The van der Waals surface area contributed by atoms with Crippen molar-refractivity contribution in [1.82, 2.24) is 10.2 Å². The lowest BCUT2D eigenvalue weighted by molar-refractivity contribution is 0.134. The van der Waals surface area contributed by atoms with E-state index in [2.05, 4.69) is 17.1 Å². The van der Waals surface area contributed by atoms with Gasteiger partial charge in [0.05, 0.1) is 0 Å². The van der Waals surface area contributed by atoms with E-state index < -0.39 is 0 Å². The van der Waals surface area contributed by atoms with Crippen LogP contribution in [0.3, 0.4) is 0 Å². The van der Waals surface area contributed by atoms with Crippen LogP contribution in [0.25, 0.3) is 0 Å². The van der Waals surface area contributed by atoms with Gasteiger partial charge in [0.1, 0.15) is 0 Å². The Morgan fingerprint density at radius 1 is 1.06 bits per heavy atom. The SMILES string of the molecule is CC1CCCC1N1CCCNC2(CCCC2)C1. The average molecular weight is 236 g/mol. The summed E-state index contributed by atoms with van der Waals surface area (Å²) in [6, 6.07) is 0.896. The Bertz CT molecular complexity index is 258. The molecule has 2 atom stereocenters. The van der Waals surface area contributed by atoms with Crippen LogP contribution in [0.15, 0.2) is 0 Å². The smallest absolute Gasteiger partial charge is 0.0308 e. The van der Waals surface area contributed by atoms with Crippen molar-refractivity contribution in [2.75, 3.05) is 19.6 Å². The molecule has 98 valence electrons. The first-order valence-corrected chi connectivity index (χ1v) is 7.78. The van der Waals surface area contributed by atoms with Gasteiger partial charge in [0, 0.05) is 18.1 Å². The molecule has 3 fully saturated rings. The van der Waals surface area contributed by atoms with E-state index in [1.165, 1.54) is 71.0 Å². The largest absolute Gasteiger partial charge is 0.310 e. The van der Waals surface area contributed by atoms with E-state index >= 15 is 0 Å². The Labute approximate surface area is 106 Å². The van der Waals surface area contributed by atoms with Crippen molar-refractivity contribution in [1.29, 1.82) is 0 Å². The highest BCUT2D eigenvalue weighted by Gasteiger charge is 2.39. The summed E-state index contributed by atoms with van der Waals surface area (Å²) in [6.07, 6.45) is 11.5. The van der Waals surface area contributed by atoms with Gasteiger partial charge in [-0.3, -0.25) is 4.90 Å². The molecular formula is C15H28N2. The fraction of sp³-hybridized carbons (Fsp3) is 1.00. The minimum atomic E-state index is 0.499. The van der Waals surface area contributed by atoms with Crippen molar-refractivity contribution < 1.29 is 0 Å². The van der Waals surface area contributed by atoms with Crippen molar-refractivity contribution >= 4 is 0 Å². The van der Waals surface area contributed by atoms with E-state index in [4.69, 9.17) is 0 Å². The Morgan fingerprint density at radius 2 is 1.88 bits per heavy atom. The van der Waals surface area contributed by atoms with Gasteiger partial charge in [0.2, 0.25) is 0 Å². The molecule has 2 heteroatoms. The molecule has 2 aliphatic carbocycles. The molecule has 0 aromatic carbocycles. The molecule has 1 spiro atoms. The van der Waals surface area contributed by atoms with Crippen molar-refractivity contribution in [2.24, 2.45) is 5.92 Å². The van der Waals surface area contributed by atoms with E-state index in [0.29, 0.717) is 5.54 Å². The van der Waals surface area contributed by atoms with Gasteiger partial charge in [-0.25, -0.2) is 0 Å². The molecule has 1 aliphatic heterocycles. The number of nitrogens with one attached hydrogen (secondary N) is 1. The molecule has 0 amide bonds. The lowest BCUT2D eigenvalue weighted by atomic mass is 9.95. The molecule has 3 rings (SSSR count). The fourth-order valence-corrected chi connectivity index (χ4v) is 4.50. The third kappa shape index (κ3) is 2.39. The highest BCUT2D eigenvalue weighted by molar-refractivity contribution is 4.99. The van der Waals surface area contributed by atoms with Crippen molar-refractivity contribution in [2.45, 2.75) is 69.9 Å². The number of rotatable bonds is 1. The molecule has 2 saturated carbocycles. The van der Waals surface area contributed by atoms with E-state index in [9.17, 15) is 0 Å². The monoisotopic (exact) mass is 236 g/mol. The highest BCUT2D eigenvalue weighted by atomic mass is 15.2. The average Bonchev–Trinajstić information content (AvgIpc) is 2.87. The molecule has 17 heavy (non-hydrogen) atoms. The minimum Gasteiger partial charge on any atom is -0.310 e. The molecule has 0 radical (unpaired) electrons. The van der Waals surface area contributed by atoms with Crippen molar-refractivity contribution in [3.8, 4) is 0 Å². The summed E-state index contributed by atoms with van der Waals surface area (Å²) in [5, 5.41) is 3.88. The van der Waals surface area contributed by atoms with Gasteiger partial charge in [-0.15, -0.1) is 0 Å². The maximum Gasteiger partial charge on any atom is 0.0308 e. The van der Waals surface area contributed by atoms with Gasteiger partial charge in [0.25, 0.3) is 0 Å². The lowest BCUT2D eigenvalue weighted by Gasteiger charge is -2.37. The van der Waals surface area contributed by atoms with Crippen LogP contribution in [-0.2, 0) is 0 Å². The van der Waals surface area contributed by atoms with Gasteiger partial charge in [-0.05, 0) is 51.1 Å². The van der Waals surface area contributed by atoms with Crippen LogP contribution in [0.4, 0.5) is 0 Å². The molecule has 1 heterocycles. The normalized spacial score (nSPS) is 38.6. The second kappa shape index (κ2) is 4.89. The van der Waals surface area contributed by atoms with Crippen LogP contribution < -0.4 is 5.32 Å². The summed E-state index contributed by atoms with van der Waals surface area (Å²) in [6.45, 7) is 6.39. The van der Waals surface area contributed by atoms with E-state index in [1.54, 1.807) is 0 Å². The van der Waals surface area contributed by atoms with Crippen LogP contribution in [0.1, 0.15) is 58.3 Å². The Balaban J connectivity index is 1.71. The topological polar surface area (TPSA) is 15.3 Å². The quantitative estimate of drug-likeness (QED) is 0.753. The minimum absolute atomic E-state index is 0.499. The second-order valence-electron chi connectivity index (χ2n) is 6.71. The molecule has 3 aliphatic rings. The first-order chi connectivity index (χ1) is 8.29. The van der Waals surface area contributed by atoms with Crippen molar-refractivity contribution in [3.63, 3.8) is 0 Å². The molecule has 1 saturated heterocycles. The molecule has 2 nitrogen and oxygen atoms in total. The predicted molar refractivity (Wildman–Crippen MR) is 72.2 cm³/mol. The third-order valence-electron chi connectivity index (χ3n) is 5.47. The highest BCUT2D eigenvalue weighted by Crippen LogP contribution is 2.36. The van der Waals surface area contributed by atoms with Gasteiger partial charge in [0.15, 0.2) is 0 Å². The summed E-state index contributed by atoms with van der Waals surface area (Å²) in [4.78, 5) is 2.85. The maximum atomic E-state index is 3.88. The molecule has 2 unspecified atom stereocenters. The number of nitrogens with zero attached hydrogens (tertiary/aromatic N) is 1. The zero-order chi connectivity index (χ0) is 11.7. The zero-order valence-corrected chi connectivity index (χ0v) is 11.4. The number of hydrogen-bond donors (Lipinski definition) is 1. The van der Waals surface area contributed by atoms with Crippen LogP contribution >= 0.6 is 0 Å². The Hall–Kier alpha value is -0.0800. The summed E-state index contributed by atoms with van der Waals surface area (Å²) in [5.74, 6) is 0.937. The lowest BCUT2D eigenvalue weighted by Crippen LogP contribution is -2.52. The van der Waals surface area contributed by atoms with Gasteiger partial charge in [-0.1, -0.05) is 26.2 Å². The maximum absolute atomic E-state index is 3.88. The van der Waals surface area contributed by atoms with Gasteiger partial charge >= 0.3 is 0 Å². The first-order valence-electron chi connectivity index (χ1n) is 7.78. The van der Waals surface area contributed by atoms with Crippen LogP contribution in [-0.4, -0.2) is 36.1 Å². The Morgan fingerprint density at radius 3 is 2.59 bits per heavy atom. The van der Waals surface area contributed by atoms with Gasteiger partial charge < -0.3 is 5.32 Å². The van der Waals surface area contributed by atoms with Crippen molar-refractivity contribution in [3.05, 3.63) is 0 Å². The predicted octanol–water partition coefficient (Wildman–Crippen LogP) is 2.78.